The lowest BCUT2D eigenvalue weighted by molar-refractivity contribution is -0.119. The highest BCUT2D eigenvalue weighted by Gasteiger charge is 2.29. The maximum absolute atomic E-state index is 12.1. The summed E-state index contributed by atoms with van der Waals surface area (Å²) in [4.78, 5) is 22.5. The van der Waals surface area contributed by atoms with E-state index in [1.165, 1.54) is 11.8 Å². The largest absolute Gasteiger partial charge is 0.383 e. The van der Waals surface area contributed by atoms with Crippen LogP contribution in [-0.4, -0.2) is 46.2 Å². The van der Waals surface area contributed by atoms with E-state index in [1.54, 1.807) is 7.11 Å². The standard InChI is InChI=1S/C23H28N6O2S/c1-14-12-20(29-28-14)25-22-15(2)21(24-10-11-31-3)26-23(27-22)32-18-8-4-16(5-9-18)13-19(30)17-6-7-17/h4-5,8-9,12,17H,6-7,10-11,13H2,1-3H3,(H3,24,25,26,27,28,29). The van der Waals surface area contributed by atoms with E-state index < -0.39 is 0 Å². The van der Waals surface area contributed by atoms with Gasteiger partial charge in [-0.3, -0.25) is 9.89 Å². The van der Waals surface area contributed by atoms with Crippen LogP contribution in [0.5, 0.6) is 0 Å². The summed E-state index contributed by atoms with van der Waals surface area (Å²) in [6.07, 6.45) is 2.61. The van der Waals surface area contributed by atoms with Crippen molar-refractivity contribution >= 4 is 35.0 Å². The number of ketones is 1. The maximum Gasteiger partial charge on any atom is 0.196 e. The highest BCUT2D eigenvalue weighted by atomic mass is 32.2. The number of anilines is 3. The van der Waals surface area contributed by atoms with E-state index >= 15 is 0 Å². The normalized spacial score (nSPS) is 13.2. The number of ether oxygens (including phenoxy) is 1. The molecule has 3 aromatic rings. The summed E-state index contributed by atoms with van der Waals surface area (Å²) in [5.74, 6) is 2.79. The second kappa shape index (κ2) is 10.1. The van der Waals surface area contributed by atoms with Crippen LogP contribution in [0.2, 0.25) is 0 Å². The van der Waals surface area contributed by atoms with Gasteiger partial charge in [0, 0.05) is 48.2 Å². The number of carbonyl (C=O) groups excluding carboxylic acids is 1. The third-order valence-electron chi connectivity index (χ3n) is 5.22. The van der Waals surface area contributed by atoms with E-state index in [4.69, 9.17) is 14.7 Å². The summed E-state index contributed by atoms with van der Waals surface area (Å²) in [5.41, 5.74) is 2.92. The van der Waals surface area contributed by atoms with Gasteiger partial charge in [0.25, 0.3) is 0 Å². The van der Waals surface area contributed by atoms with Crippen LogP contribution in [0, 0.1) is 19.8 Å². The number of H-pyrrole nitrogens is 1. The van der Waals surface area contributed by atoms with E-state index in [2.05, 4.69) is 20.8 Å². The van der Waals surface area contributed by atoms with Crippen LogP contribution in [0.15, 0.2) is 40.4 Å². The molecule has 9 heteroatoms. The molecule has 0 saturated heterocycles. The van der Waals surface area contributed by atoms with Crippen LogP contribution < -0.4 is 10.6 Å². The zero-order valence-electron chi connectivity index (χ0n) is 18.6. The zero-order chi connectivity index (χ0) is 22.5. The number of aromatic amines is 1. The molecule has 2 aromatic heterocycles. The molecule has 1 aliphatic carbocycles. The topological polar surface area (TPSA) is 105 Å². The van der Waals surface area contributed by atoms with Crippen molar-refractivity contribution in [3.8, 4) is 0 Å². The molecular weight excluding hydrogens is 424 g/mol. The van der Waals surface area contributed by atoms with Crippen LogP contribution >= 0.6 is 11.8 Å². The average molecular weight is 453 g/mol. The molecule has 3 N–H and O–H groups in total. The van der Waals surface area contributed by atoms with Gasteiger partial charge in [0.1, 0.15) is 17.4 Å². The quantitative estimate of drug-likeness (QED) is 0.292. The Morgan fingerprint density at radius 3 is 2.59 bits per heavy atom. The second-order valence-corrected chi connectivity index (χ2v) is 9.01. The van der Waals surface area contributed by atoms with Crippen molar-refractivity contribution in [1.82, 2.24) is 20.2 Å². The molecule has 0 amide bonds. The van der Waals surface area contributed by atoms with E-state index in [9.17, 15) is 4.79 Å². The minimum absolute atomic E-state index is 0.290. The predicted molar refractivity (Wildman–Crippen MR) is 126 cm³/mol. The number of rotatable bonds is 11. The third-order valence-corrected chi connectivity index (χ3v) is 6.09. The van der Waals surface area contributed by atoms with Crippen molar-refractivity contribution in [2.75, 3.05) is 30.9 Å². The minimum Gasteiger partial charge on any atom is -0.383 e. The van der Waals surface area contributed by atoms with Crippen molar-refractivity contribution < 1.29 is 9.53 Å². The SMILES string of the molecule is COCCNc1nc(Sc2ccc(CC(=O)C3CC3)cc2)nc(Nc2cc(C)[nH]n2)c1C. The molecule has 1 fully saturated rings. The number of aromatic nitrogens is 4. The first kappa shape index (κ1) is 22.3. The molecule has 0 radical (unpaired) electrons. The van der Waals surface area contributed by atoms with Crippen LogP contribution in [0.3, 0.4) is 0 Å². The Balaban J connectivity index is 1.52. The molecular formula is C23H28N6O2S. The van der Waals surface area contributed by atoms with E-state index in [1.807, 2.05) is 44.2 Å². The number of hydrogen-bond donors (Lipinski definition) is 3. The monoisotopic (exact) mass is 452 g/mol. The Kier molecular flexibility index (Phi) is 7.06. The van der Waals surface area contributed by atoms with Crippen molar-refractivity contribution in [2.24, 2.45) is 5.92 Å². The molecule has 2 heterocycles. The summed E-state index contributed by atoms with van der Waals surface area (Å²) >= 11 is 1.48. The highest BCUT2D eigenvalue weighted by molar-refractivity contribution is 7.99. The van der Waals surface area contributed by atoms with E-state index in [0.717, 1.165) is 40.4 Å². The van der Waals surface area contributed by atoms with Crippen LogP contribution in [-0.2, 0) is 16.0 Å². The van der Waals surface area contributed by atoms with Gasteiger partial charge in [0.15, 0.2) is 11.0 Å². The molecule has 1 aromatic carbocycles. The lowest BCUT2D eigenvalue weighted by Crippen LogP contribution is -2.12. The summed E-state index contributed by atoms with van der Waals surface area (Å²) in [5, 5.41) is 14.4. The number of nitrogens with zero attached hydrogens (tertiary/aromatic N) is 3. The lowest BCUT2D eigenvalue weighted by atomic mass is 10.1. The zero-order valence-corrected chi connectivity index (χ0v) is 19.4. The van der Waals surface area contributed by atoms with Gasteiger partial charge in [-0.1, -0.05) is 12.1 Å². The summed E-state index contributed by atoms with van der Waals surface area (Å²) in [7, 11) is 1.67. The Bertz CT molecular complexity index is 1080. The van der Waals surface area contributed by atoms with Crippen LogP contribution in [0.4, 0.5) is 17.5 Å². The number of methoxy groups -OCH3 is 1. The first-order chi connectivity index (χ1) is 15.5. The number of carbonyl (C=O) groups is 1. The summed E-state index contributed by atoms with van der Waals surface area (Å²) < 4.78 is 5.15. The fraction of sp³-hybridized carbons (Fsp3) is 0.391. The first-order valence-electron chi connectivity index (χ1n) is 10.7. The highest BCUT2D eigenvalue weighted by Crippen LogP contribution is 2.32. The van der Waals surface area contributed by atoms with Gasteiger partial charge in [-0.05, 0) is 56.1 Å². The van der Waals surface area contributed by atoms with E-state index in [-0.39, 0.29) is 0 Å². The maximum atomic E-state index is 12.1. The molecule has 8 nitrogen and oxygen atoms in total. The molecule has 1 saturated carbocycles. The van der Waals surface area contributed by atoms with Gasteiger partial charge in [-0.15, -0.1) is 0 Å². The molecule has 0 atom stereocenters. The smallest absolute Gasteiger partial charge is 0.196 e. The van der Waals surface area contributed by atoms with Crippen LogP contribution in [0.1, 0.15) is 29.7 Å². The molecule has 32 heavy (non-hydrogen) atoms. The molecule has 0 aliphatic heterocycles. The number of benzene rings is 1. The molecule has 4 rings (SSSR count). The molecule has 0 spiro atoms. The average Bonchev–Trinajstić information content (AvgIpc) is 3.55. The molecule has 168 valence electrons. The van der Waals surface area contributed by atoms with Crippen molar-refractivity contribution in [3.63, 3.8) is 0 Å². The Morgan fingerprint density at radius 1 is 1.19 bits per heavy atom. The minimum atomic E-state index is 0.290. The van der Waals surface area contributed by atoms with Crippen LogP contribution in [0.25, 0.3) is 0 Å². The summed E-state index contributed by atoms with van der Waals surface area (Å²) in [6.45, 7) is 5.14. The van der Waals surface area contributed by atoms with E-state index in [0.29, 0.717) is 48.1 Å². The molecule has 1 aliphatic rings. The Labute approximate surface area is 192 Å². The van der Waals surface area contributed by atoms with Gasteiger partial charge >= 0.3 is 0 Å². The molecule has 0 unspecified atom stereocenters. The Hall–Kier alpha value is -2.91. The van der Waals surface area contributed by atoms with Crippen molar-refractivity contribution in [3.05, 3.63) is 47.2 Å². The fourth-order valence-electron chi connectivity index (χ4n) is 3.24. The fourth-order valence-corrected chi connectivity index (χ4v) is 4.00. The number of hydrogen-bond acceptors (Lipinski definition) is 8. The van der Waals surface area contributed by atoms with Gasteiger partial charge in [0.2, 0.25) is 0 Å². The lowest BCUT2D eigenvalue weighted by Gasteiger charge is -2.14. The molecule has 0 bridgehead atoms. The Morgan fingerprint density at radius 2 is 1.94 bits per heavy atom. The van der Waals surface area contributed by atoms with Gasteiger partial charge in [-0.25, -0.2) is 9.97 Å². The van der Waals surface area contributed by atoms with Gasteiger partial charge in [0.05, 0.1) is 6.61 Å². The summed E-state index contributed by atoms with van der Waals surface area (Å²) in [6, 6.07) is 9.99. The third kappa shape index (κ3) is 5.86. The van der Waals surface area contributed by atoms with Crippen molar-refractivity contribution in [1.29, 1.82) is 0 Å². The van der Waals surface area contributed by atoms with Crippen molar-refractivity contribution in [2.45, 2.75) is 43.2 Å². The number of nitrogens with one attached hydrogen (secondary N) is 3. The van der Waals surface area contributed by atoms with Gasteiger partial charge in [-0.2, -0.15) is 5.10 Å². The predicted octanol–water partition coefficient (Wildman–Crippen LogP) is 4.29. The van der Waals surface area contributed by atoms with Gasteiger partial charge < -0.3 is 15.4 Å². The number of aryl methyl sites for hydroxylation is 1. The second-order valence-electron chi connectivity index (χ2n) is 7.97. The number of Topliss-reactive ketones (excluding diaryl/α,β-unsaturated/α-hetero) is 1. The first-order valence-corrected chi connectivity index (χ1v) is 11.5.